The van der Waals surface area contributed by atoms with Crippen LogP contribution in [0.4, 0.5) is 4.39 Å². The van der Waals surface area contributed by atoms with E-state index < -0.39 is 0 Å². The van der Waals surface area contributed by atoms with Gasteiger partial charge in [-0.25, -0.2) is 9.37 Å². The fourth-order valence-corrected chi connectivity index (χ4v) is 2.49. The van der Waals surface area contributed by atoms with E-state index in [-0.39, 0.29) is 29.8 Å². The van der Waals surface area contributed by atoms with E-state index in [9.17, 15) is 4.39 Å². The lowest BCUT2D eigenvalue weighted by Crippen LogP contribution is -2.39. The van der Waals surface area contributed by atoms with Crippen molar-refractivity contribution >= 4 is 45.9 Å². The Bertz CT molecular complexity index is 633. The van der Waals surface area contributed by atoms with E-state index in [0.29, 0.717) is 6.42 Å². The van der Waals surface area contributed by atoms with E-state index >= 15 is 0 Å². The molecule has 5 nitrogen and oxygen atoms in total. The summed E-state index contributed by atoms with van der Waals surface area (Å²) < 4.78 is 16.5. The van der Waals surface area contributed by atoms with Crippen LogP contribution >= 0.6 is 39.9 Å². The average Bonchev–Trinajstić information content (AvgIpc) is 3.04. The molecular weight excluding hydrogens is 488 g/mol. The molecule has 0 spiro atoms. The number of imidazole rings is 1. The monoisotopic (exact) mass is 509 g/mol. The molecule has 0 saturated heterocycles. The number of hydrogen-bond donors (Lipinski definition) is 2. The molecular formula is C16H22BrFIN5. The second kappa shape index (κ2) is 11.4. The highest BCUT2D eigenvalue weighted by Gasteiger charge is 2.03. The normalized spacial score (nSPS) is 11.0. The van der Waals surface area contributed by atoms with Gasteiger partial charge in [0.05, 0.1) is 6.33 Å². The number of hydrogen-bond acceptors (Lipinski definition) is 2. The molecule has 2 aromatic rings. The number of guanidine groups is 1. The third kappa shape index (κ3) is 7.16. The quantitative estimate of drug-likeness (QED) is 0.261. The minimum absolute atomic E-state index is 0. The summed E-state index contributed by atoms with van der Waals surface area (Å²) in [5, 5.41) is 6.47. The Labute approximate surface area is 167 Å². The summed E-state index contributed by atoms with van der Waals surface area (Å²) in [6.07, 6.45) is 6.99. The number of aliphatic imine (C=N–C) groups is 1. The van der Waals surface area contributed by atoms with Gasteiger partial charge in [-0.15, -0.1) is 24.0 Å². The van der Waals surface area contributed by atoms with Crippen LogP contribution in [0.15, 0.2) is 46.4 Å². The smallest absolute Gasteiger partial charge is 0.191 e. The Balaban J connectivity index is 0.00000288. The second-order valence-corrected chi connectivity index (χ2v) is 5.98. The molecule has 0 saturated carbocycles. The predicted octanol–water partition coefficient (Wildman–Crippen LogP) is 3.20. The van der Waals surface area contributed by atoms with Gasteiger partial charge in [0, 0.05) is 43.5 Å². The Kier molecular flexibility index (Phi) is 9.92. The topological polar surface area (TPSA) is 54.2 Å². The summed E-state index contributed by atoms with van der Waals surface area (Å²) in [5.74, 6) is 0.587. The SMILES string of the molecule is CN=C(NCCCc1ccc(Br)cc1F)NCCn1ccnc1.I. The van der Waals surface area contributed by atoms with Crippen LogP contribution < -0.4 is 10.6 Å². The van der Waals surface area contributed by atoms with Crippen molar-refractivity contribution in [1.82, 2.24) is 20.2 Å². The first-order valence-corrected chi connectivity index (χ1v) is 8.32. The molecule has 0 aliphatic heterocycles. The van der Waals surface area contributed by atoms with Crippen molar-refractivity contribution in [3.8, 4) is 0 Å². The van der Waals surface area contributed by atoms with Gasteiger partial charge in [-0.2, -0.15) is 0 Å². The Morgan fingerprint density at radius 3 is 2.79 bits per heavy atom. The maximum Gasteiger partial charge on any atom is 0.191 e. The van der Waals surface area contributed by atoms with E-state index in [1.165, 1.54) is 6.07 Å². The zero-order valence-corrected chi connectivity index (χ0v) is 17.4. The van der Waals surface area contributed by atoms with Crippen LogP contribution in [0, 0.1) is 5.82 Å². The summed E-state index contributed by atoms with van der Waals surface area (Å²) in [6.45, 7) is 2.32. The van der Waals surface area contributed by atoms with Gasteiger partial charge in [0.2, 0.25) is 0 Å². The van der Waals surface area contributed by atoms with Crippen LogP contribution in [-0.2, 0) is 13.0 Å². The summed E-state index contributed by atoms with van der Waals surface area (Å²) in [7, 11) is 1.74. The molecule has 132 valence electrons. The van der Waals surface area contributed by atoms with Gasteiger partial charge in [0.25, 0.3) is 0 Å². The van der Waals surface area contributed by atoms with E-state index in [4.69, 9.17) is 0 Å². The molecule has 1 heterocycles. The number of benzene rings is 1. The standard InChI is InChI=1S/C16H21BrFN5.HI/c1-19-16(22-8-10-23-9-7-20-12-23)21-6-2-3-13-4-5-14(17)11-15(13)18;/h4-5,7,9,11-12H,2-3,6,8,10H2,1H3,(H2,19,21,22);1H. The number of nitrogens with one attached hydrogen (secondary N) is 2. The first kappa shape index (κ1) is 20.9. The van der Waals surface area contributed by atoms with Crippen molar-refractivity contribution in [1.29, 1.82) is 0 Å². The molecule has 1 aromatic carbocycles. The van der Waals surface area contributed by atoms with Gasteiger partial charge >= 0.3 is 0 Å². The molecule has 0 atom stereocenters. The molecule has 0 amide bonds. The van der Waals surface area contributed by atoms with Crippen LogP contribution in [0.5, 0.6) is 0 Å². The number of halogens is 3. The van der Waals surface area contributed by atoms with Gasteiger partial charge < -0.3 is 15.2 Å². The van der Waals surface area contributed by atoms with E-state index in [1.807, 2.05) is 22.9 Å². The molecule has 1 aromatic heterocycles. The minimum Gasteiger partial charge on any atom is -0.356 e. The lowest BCUT2D eigenvalue weighted by molar-refractivity contribution is 0.601. The largest absolute Gasteiger partial charge is 0.356 e. The highest BCUT2D eigenvalue weighted by molar-refractivity contribution is 14.0. The number of nitrogens with zero attached hydrogens (tertiary/aromatic N) is 3. The Hall–Kier alpha value is -1.16. The van der Waals surface area contributed by atoms with Crippen LogP contribution in [0.1, 0.15) is 12.0 Å². The average molecular weight is 510 g/mol. The molecule has 2 rings (SSSR count). The molecule has 0 bridgehead atoms. The van der Waals surface area contributed by atoms with Gasteiger partial charge in [-0.05, 0) is 30.5 Å². The molecule has 0 fully saturated rings. The van der Waals surface area contributed by atoms with Crippen LogP contribution in [-0.4, -0.2) is 35.6 Å². The van der Waals surface area contributed by atoms with Crippen molar-refractivity contribution in [3.05, 3.63) is 52.8 Å². The van der Waals surface area contributed by atoms with Gasteiger partial charge in [0.15, 0.2) is 5.96 Å². The third-order valence-electron chi connectivity index (χ3n) is 3.38. The molecule has 24 heavy (non-hydrogen) atoms. The van der Waals surface area contributed by atoms with E-state index in [2.05, 4.69) is 36.5 Å². The first-order chi connectivity index (χ1) is 11.2. The first-order valence-electron chi connectivity index (χ1n) is 7.53. The molecule has 0 aliphatic rings. The van der Waals surface area contributed by atoms with Crippen LogP contribution in [0.2, 0.25) is 0 Å². The summed E-state index contributed by atoms with van der Waals surface area (Å²) >= 11 is 3.26. The maximum absolute atomic E-state index is 13.7. The van der Waals surface area contributed by atoms with Crippen molar-refractivity contribution < 1.29 is 4.39 Å². The lowest BCUT2D eigenvalue weighted by Gasteiger charge is -2.12. The number of rotatable bonds is 7. The summed E-state index contributed by atoms with van der Waals surface area (Å²) in [6, 6.07) is 5.18. The highest BCUT2D eigenvalue weighted by atomic mass is 127. The zero-order valence-electron chi connectivity index (χ0n) is 13.5. The summed E-state index contributed by atoms with van der Waals surface area (Å²) in [4.78, 5) is 8.17. The van der Waals surface area contributed by atoms with Gasteiger partial charge in [-0.3, -0.25) is 4.99 Å². The molecule has 0 unspecified atom stereocenters. The maximum atomic E-state index is 13.7. The predicted molar refractivity (Wildman–Crippen MR) is 109 cm³/mol. The van der Waals surface area contributed by atoms with Crippen molar-refractivity contribution in [2.75, 3.05) is 20.1 Å². The van der Waals surface area contributed by atoms with Crippen molar-refractivity contribution in [2.45, 2.75) is 19.4 Å². The van der Waals surface area contributed by atoms with E-state index in [1.54, 1.807) is 19.6 Å². The number of aryl methyl sites for hydroxylation is 1. The van der Waals surface area contributed by atoms with Crippen molar-refractivity contribution in [3.63, 3.8) is 0 Å². The second-order valence-electron chi connectivity index (χ2n) is 5.07. The van der Waals surface area contributed by atoms with E-state index in [0.717, 1.165) is 42.1 Å². The Morgan fingerprint density at radius 1 is 1.33 bits per heavy atom. The molecule has 0 aliphatic carbocycles. The van der Waals surface area contributed by atoms with Gasteiger partial charge in [-0.1, -0.05) is 22.0 Å². The molecule has 8 heteroatoms. The summed E-state index contributed by atoms with van der Waals surface area (Å²) in [5.41, 5.74) is 0.734. The molecule has 2 N–H and O–H groups in total. The third-order valence-corrected chi connectivity index (χ3v) is 3.87. The van der Waals surface area contributed by atoms with Crippen molar-refractivity contribution in [2.24, 2.45) is 4.99 Å². The fourth-order valence-electron chi connectivity index (χ4n) is 2.15. The van der Waals surface area contributed by atoms with Crippen LogP contribution in [0.3, 0.4) is 0 Å². The Morgan fingerprint density at radius 2 is 2.12 bits per heavy atom. The zero-order chi connectivity index (χ0) is 16.5. The number of aromatic nitrogens is 2. The highest BCUT2D eigenvalue weighted by Crippen LogP contribution is 2.16. The minimum atomic E-state index is -0.165. The molecule has 0 radical (unpaired) electrons. The lowest BCUT2D eigenvalue weighted by atomic mass is 10.1. The fraction of sp³-hybridized carbons (Fsp3) is 0.375. The van der Waals surface area contributed by atoms with Gasteiger partial charge in [0.1, 0.15) is 5.82 Å². The van der Waals surface area contributed by atoms with Crippen LogP contribution in [0.25, 0.3) is 0 Å².